The van der Waals surface area contributed by atoms with Gasteiger partial charge in [-0.15, -0.1) is 0 Å². The Bertz CT molecular complexity index is 951. The highest BCUT2D eigenvalue weighted by Gasteiger charge is 2.32. The lowest BCUT2D eigenvalue weighted by molar-refractivity contribution is -0.141. The first-order valence-corrected chi connectivity index (χ1v) is 11.7. The van der Waals surface area contributed by atoms with Crippen LogP contribution in [0.3, 0.4) is 0 Å². The third kappa shape index (κ3) is 7.52. The fraction of sp³-hybridized carbons (Fsp3) is 0.455. The number of sulfonamides is 1. The van der Waals surface area contributed by atoms with Gasteiger partial charge in [-0.25, -0.2) is 13.1 Å². The Hall–Kier alpha value is -2.65. The predicted octanol–water partition coefficient (Wildman–Crippen LogP) is 2.67. The van der Waals surface area contributed by atoms with Crippen molar-refractivity contribution in [3.63, 3.8) is 0 Å². The maximum Gasteiger partial charge on any atom is 0.243 e. The van der Waals surface area contributed by atoms with Crippen molar-refractivity contribution in [2.75, 3.05) is 6.54 Å². The van der Waals surface area contributed by atoms with Gasteiger partial charge in [0.25, 0.3) is 0 Å². The van der Waals surface area contributed by atoms with Crippen LogP contribution in [0.15, 0.2) is 58.0 Å². The molecule has 0 fully saturated rings. The maximum absolute atomic E-state index is 13.1. The maximum atomic E-state index is 13.1. The second-order valence-electron chi connectivity index (χ2n) is 8.28. The molecule has 1 aromatic carbocycles. The van der Waals surface area contributed by atoms with Crippen LogP contribution in [-0.2, 0) is 26.2 Å². The lowest BCUT2D eigenvalue weighted by Gasteiger charge is -2.33. The molecule has 8 nitrogen and oxygen atoms in total. The van der Waals surface area contributed by atoms with E-state index in [1.165, 1.54) is 23.3 Å². The van der Waals surface area contributed by atoms with Gasteiger partial charge in [0.15, 0.2) is 0 Å². The predicted molar refractivity (Wildman–Crippen MR) is 117 cm³/mol. The van der Waals surface area contributed by atoms with Crippen LogP contribution < -0.4 is 10.0 Å². The van der Waals surface area contributed by atoms with Crippen LogP contribution in [0.1, 0.15) is 46.3 Å². The summed E-state index contributed by atoms with van der Waals surface area (Å²) >= 11 is 0. The number of carbonyl (C=O) groups is 2. The van der Waals surface area contributed by atoms with Crippen molar-refractivity contribution in [1.82, 2.24) is 14.9 Å². The second-order valence-corrected chi connectivity index (χ2v) is 10.0. The van der Waals surface area contributed by atoms with E-state index in [4.69, 9.17) is 4.42 Å². The molecule has 9 heteroatoms. The van der Waals surface area contributed by atoms with Crippen LogP contribution >= 0.6 is 0 Å². The van der Waals surface area contributed by atoms with Crippen LogP contribution in [0.2, 0.25) is 0 Å². The van der Waals surface area contributed by atoms with E-state index in [0.717, 1.165) is 0 Å². The van der Waals surface area contributed by atoms with Crippen molar-refractivity contribution >= 4 is 21.8 Å². The topological polar surface area (TPSA) is 109 Å². The molecule has 0 aliphatic rings. The van der Waals surface area contributed by atoms with Gasteiger partial charge < -0.3 is 14.6 Å². The quantitative estimate of drug-likeness (QED) is 0.580. The highest BCUT2D eigenvalue weighted by atomic mass is 32.2. The van der Waals surface area contributed by atoms with E-state index in [-0.39, 0.29) is 17.3 Å². The number of carbonyl (C=O) groups excluding carboxylic acids is 2. The van der Waals surface area contributed by atoms with Crippen molar-refractivity contribution in [3.8, 4) is 0 Å². The molecule has 1 heterocycles. The Morgan fingerprint density at radius 3 is 2.32 bits per heavy atom. The standard InChI is InChI=1S/C22H31N3O5S/c1-5-10-19(21(27)24-22(2,3)4)25(16-17-11-9-14-30-17)20(26)15-23-31(28,29)18-12-7-6-8-13-18/h6-9,11-14,19,23H,5,10,15-16H2,1-4H3,(H,24,27)/t19-/m1/s1. The molecular weight excluding hydrogens is 418 g/mol. The average molecular weight is 450 g/mol. The van der Waals surface area contributed by atoms with Crippen molar-refractivity contribution in [3.05, 3.63) is 54.5 Å². The van der Waals surface area contributed by atoms with Crippen LogP contribution in [0.25, 0.3) is 0 Å². The fourth-order valence-electron chi connectivity index (χ4n) is 3.04. The van der Waals surface area contributed by atoms with Gasteiger partial charge >= 0.3 is 0 Å². The zero-order chi connectivity index (χ0) is 23.1. The molecule has 0 aliphatic carbocycles. The molecule has 0 radical (unpaired) electrons. The zero-order valence-electron chi connectivity index (χ0n) is 18.4. The van der Waals surface area contributed by atoms with Crippen molar-refractivity contribution in [1.29, 1.82) is 0 Å². The number of rotatable bonds is 10. The molecule has 0 aliphatic heterocycles. The Kier molecular flexibility index (Phi) is 8.41. The summed E-state index contributed by atoms with van der Waals surface area (Å²) in [6.07, 6.45) is 2.58. The lowest BCUT2D eigenvalue weighted by Crippen LogP contribution is -2.55. The molecule has 2 rings (SSSR count). The molecule has 0 bridgehead atoms. The zero-order valence-corrected chi connectivity index (χ0v) is 19.2. The van der Waals surface area contributed by atoms with Gasteiger partial charge in [0.2, 0.25) is 21.8 Å². The van der Waals surface area contributed by atoms with Crippen LogP contribution in [0.4, 0.5) is 0 Å². The van der Waals surface area contributed by atoms with Crippen LogP contribution in [0.5, 0.6) is 0 Å². The third-order valence-corrected chi connectivity index (χ3v) is 5.85. The van der Waals surface area contributed by atoms with Gasteiger partial charge in [-0.3, -0.25) is 9.59 Å². The molecule has 0 unspecified atom stereocenters. The Morgan fingerprint density at radius 2 is 1.77 bits per heavy atom. The highest BCUT2D eigenvalue weighted by Crippen LogP contribution is 2.16. The summed E-state index contributed by atoms with van der Waals surface area (Å²) in [6.45, 7) is 7.09. The fourth-order valence-corrected chi connectivity index (χ4v) is 4.03. The molecule has 2 aromatic rings. The molecule has 0 saturated heterocycles. The molecule has 1 atom stereocenters. The number of benzene rings is 1. The molecule has 2 N–H and O–H groups in total. The first-order valence-electron chi connectivity index (χ1n) is 10.2. The minimum Gasteiger partial charge on any atom is -0.467 e. The molecule has 0 spiro atoms. The van der Waals surface area contributed by atoms with E-state index in [0.29, 0.717) is 18.6 Å². The van der Waals surface area contributed by atoms with Crippen molar-refractivity contribution < 1.29 is 22.4 Å². The third-order valence-electron chi connectivity index (χ3n) is 4.43. The van der Waals surface area contributed by atoms with Gasteiger partial charge in [-0.05, 0) is 51.5 Å². The van der Waals surface area contributed by atoms with E-state index in [9.17, 15) is 18.0 Å². The minimum absolute atomic E-state index is 0.0567. The SMILES string of the molecule is CCC[C@H](C(=O)NC(C)(C)C)N(Cc1ccco1)C(=O)CNS(=O)(=O)c1ccccc1. The normalized spacial score (nSPS) is 12.9. The Balaban J connectivity index is 2.24. The number of nitrogens with zero attached hydrogens (tertiary/aromatic N) is 1. The average Bonchev–Trinajstić information content (AvgIpc) is 3.21. The van der Waals surface area contributed by atoms with Gasteiger partial charge in [0.05, 0.1) is 24.2 Å². The van der Waals surface area contributed by atoms with Crippen LogP contribution in [0, 0.1) is 0 Å². The molecule has 1 aromatic heterocycles. The summed E-state index contributed by atoms with van der Waals surface area (Å²) in [7, 11) is -3.86. The van der Waals surface area contributed by atoms with Gasteiger partial charge in [0.1, 0.15) is 11.8 Å². The Labute approximate surface area is 184 Å². The highest BCUT2D eigenvalue weighted by molar-refractivity contribution is 7.89. The first kappa shape index (κ1) is 24.6. The van der Waals surface area contributed by atoms with Gasteiger partial charge in [-0.1, -0.05) is 31.5 Å². The number of amides is 2. The van der Waals surface area contributed by atoms with Gasteiger partial charge in [-0.2, -0.15) is 0 Å². The summed E-state index contributed by atoms with van der Waals surface area (Å²) in [4.78, 5) is 27.5. The number of hydrogen-bond acceptors (Lipinski definition) is 5. The van der Waals surface area contributed by atoms with E-state index < -0.39 is 34.1 Å². The molecule has 170 valence electrons. The molecule has 0 saturated carbocycles. The Morgan fingerprint density at radius 1 is 1.10 bits per heavy atom. The molecule has 31 heavy (non-hydrogen) atoms. The molecule has 2 amide bonds. The van der Waals surface area contributed by atoms with Gasteiger partial charge in [0, 0.05) is 5.54 Å². The van der Waals surface area contributed by atoms with E-state index in [1.807, 2.05) is 27.7 Å². The van der Waals surface area contributed by atoms with Crippen molar-refractivity contribution in [2.45, 2.75) is 63.6 Å². The van der Waals surface area contributed by atoms with E-state index in [2.05, 4.69) is 10.0 Å². The summed E-state index contributed by atoms with van der Waals surface area (Å²) in [5.41, 5.74) is -0.475. The number of hydrogen-bond donors (Lipinski definition) is 2. The summed E-state index contributed by atoms with van der Waals surface area (Å²) in [5.74, 6) is -0.303. The first-order chi connectivity index (χ1) is 14.5. The molecular formula is C22H31N3O5S. The minimum atomic E-state index is -3.86. The second kappa shape index (κ2) is 10.6. The van der Waals surface area contributed by atoms with E-state index >= 15 is 0 Å². The lowest BCUT2D eigenvalue weighted by atomic mass is 10.0. The van der Waals surface area contributed by atoms with Crippen LogP contribution in [-0.4, -0.2) is 43.3 Å². The smallest absolute Gasteiger partial charge is 0.243 e. The van der Waals surface area contributed by atoms with Crippen molar-refractivity contribution in [2.24, 2.45) is 0 Å². The largest absolute Gasteiger partial charge is 0.467 e. The monoisotopic (exact) mass is 449 g/mol. The summed E-state index contributed by atoms with van der Waals surface area (Å²) < 4.78 is 32.7. The summed E-state index contributed by atoms with van der Waals surface area (Å²) in [5, 5.41) is 2.92. The number of nitrogens with one attached hydrogen (secondary N) is 2. The summed E-state index contributed by atoms with van der Waals surface area (Å²) in [6, 6.07) is 10.5. The van der Waals surface area contributed by atoms with E-state index in [1.54, 1.807) is 30.3 Å². The number of furan rings is 1.